The molecule has 1 atom stereocenters. The Morgan fingerprint density at radius 1 is 1.29 bits per heavy atom. The fourth-order valence-electron chi connectivity index (χ4n) is 1.65. The quantitative estimate of drug-likeness (QED) is 0.771. The molecule has 0 aliphatic heterocycles. The molecule has 24 heavy (non-hydrogen) atoms. The van der Waals surface area contributed by atoms with Gasteiger partial charge >= 0.3 is 12.3 Å². The first-order valence-electron chi connectivity index (χ1n) is 6.67. The maximum Gasteiger partial charge on any atom is 0.573 e. The van der Waals surface area contributed by atoms with Gasteiger partial charge in [0.2, 0.25) is 5.91 Å². The zero-order valence-electron chi connectivity index (χ0n) is 13.0. The molecule has 10 heteroatoms. The third kappa shape index (κ3) is 8.02. The van der Waals surface area contributed by atoms with Gasteiger partial charge in [0.25, 0.3) is 0 Å². The van der Waals surface area contributed by atoms with Crippen LogP contribution in [-0.2, 0) is 9.59 Å². The van der Waals surface area contributed by atoms with Crippen molar-refractivity contribution in [2.45, 2.75) is 25.7 Å². The Morgan fingerprint density at radius 2 is 1.83 bits per heavy atom. The second kappa shape index (κ2) is 9.33. The summed E-state index contributed by atoms with van der Waals surface area (Å²) in [5, 5.41) is 11.1. The first-order chi connectivity index (χ1) is 10.6. The molecule has 2 N–H and O–H groups in total. The van der Waals surface area contributed by atoms with E-state index in [9.17, 15) is 22.8 Å². The molecule has 0 radical (unpaired) electrons. The molecule has 0 bridgehead atoms. The van der Waals surface area contributed by atoms with E-state index in [0.29, 0.717) is 5.69 Å². The molecule has 0 saturated carbocycles. The van der Waals surface area contributed by atoms with Gasteiger partial charge in [-0.05, 0) is 38.2 Å². The number of benzene rings is 1. The smallest absolute Gasteiger partial charge is 0.481 e. The highest BCUT2D eigenvalue weighted by atomic mass is 35.5. The molecule has 136 valence electrons. The SMILES string of the molecule is CC(C(=O)Nc1ccc(OC(F)(F)F)cc1)N(C)CCC(=O)O.Cl. The van der Waals surface area contributed by atoms with Crippen LogP contribution in [0, 0.1) is 0 Å². The van der Waals surface area contributed by atoms with Crippen molar-refractivity contribution in [2.24, 2.45) is 0 Å². The Bertz CT molecular complexity index is 552. The molecule has 0 aromatic heterocycles. The molecule has 0 fully saturated rings. The Kier molecular flexibility index (Phi) is 8.56. The number of ether oxygens (including phenoxy) is 1. The zero-order chi connectivity index (χ0) is 17.6. The summed E-state index contributed by atoms with van der Waals surface area (Å²) in [6.45, 7) is 1.79. The van der Waals surface area contributed by atoms with Gasteiger partial charge in [-0.15, -0.1) is 25.6 Å². The second-order valence-electron chi connectivity index (χ2n) is 4.86. The Labute approximate surface area is 143 Å². The number of nitrogens with zero attached hydrogens (tertiary/aromatic N) is 1. The molecule has 1 aromatic carbocycles. The van der Waals surface area contributed by atoms with Crippen LogP contribution < -0.4 is 10.1 Å². The minimum absolute atomic E-state index is 0. The molecule has 0 saturated heterocycles. The van der Waals surface area contributed by atoms with E-state index in [1.807, 2.05) is 0 Å². The number of carbonyl (C=O) groups is 2. The van der Waals surface area contributed by atoms with Crippen LogP contribution in [-0.4, -0.2) is 47.9 Å². The van der Waals surface area contributed by atoms with Gasteiger partial charge in [0, 0.05) is 12.2 Å². The third-order valence-corrected chi connectivity index (χ3v) is 3.07. The lowest BCUT2D eigenvalue weighted by Gasteiger charge is -2.23. The molecule has 1 aromatic rings. The molecule has 0 aliphatic carbocycles. The topological polar surface area (TPSA) is 78.9 Å². The van der Waals surface area contributed by atoms with Crippen molar-refractivity contribution in [1.82, 2.24) is 4.90 Å². The summed E-state index contributed by atoms with van der Waals surface area (Å²) in [4.78, 5) is 24.1. The van der Waals surface area contributed by atoms with Gasteiger partial charge in [-0.25, -0.2) is 0 Å². The van der Waals surface area contributed by atoms with Crippen LogP contribution >= 0.6 is 12.4 Å². The van der Waals surface area contributed by atoms with Crippen LogP contribution in [0.15, 0.2) is 24.3 Å². The van der Waals surface area contributed by atoms with E-state index in [1.165, 1.54) is 12.1 Å². The van der Waals surface area contributed by atoms with Crippen molar-refractivity contribution in [3.8, 4) is 5.75 Å². The highest BCUT2D eigenvalue weighted by Crippen LogP contribution is 2.24. The Morgan fingerprint density at radius 3 is 2.29 bits per heavy atom. The predicted molar refractivity (Wildman–Crippen MR) is 83.3 cm³/mol. The predicted octanol–water partition coefficient (Wildman–Crippen LogP) is 2.74. The average molecular weight is 371 g/mol. The van der Waals surface area contributed by atoms with E-state index in [4.69, 9.17) is 5.11 Å². The van der Waals surface area contributed by atoms with Crippen molar-refractivity contribution in [3.05, 3.63) is 24.3 Å². The van der Waals surface area contributed by atoms with Crippen LogP contribution in [0.2, 0.25) is 0 Å². The summed E-state index contributed by atoms with van der Waals surface area (Å²) in [6, 6.07) is 4.14. The summed E-state index contributed by atoms with van der Waals surface area (Å²) < 4.78 is 39.8. The standard InChI is InChI=1S/C14H17F3N2O4.ClH/c1-9(19(2)8-7-12(20)21)13(22)18-10-3-5-11(6-4-10)23-14(15,16)17;/h3-6,9H,7-8H2,1-2H3,(H,18,22)(H,20,21);1H. The molecule has 1 unspecified atom stereocenters. The van der Waals surface area contributed by atoms with Crippen molar-refractivity contribution in [1.29, 1.82) is 0 Å². The fraction of sp³-hybridized carbons (Fsp3) is 0.429. The number of rotatable bonds is 7. The number of alkyl halides is 3. The number of halogens is 4. The van der Waals surface area contributed by atoms with E-state index in [1.54, 1.807) is 18.9 Å². The molecule has 0 heterocycles. The van der Waals surface area contributed by atoms with E-state index in [-0.39, 0.29) is 31.1 Å². The molecule has 0 spiro atoms. The first-order valence-corrected chi connectivity index (χ1v) is 6.67. The van der Waals surface area contributed by atoms with Gasteiger partial charge in [0.05, 0.1) is 12.5 Å². The highest BCUT2D eigenvalue weighted by Gasteiger charge is 2.31. The lowest BCUT2D eigenvalue weighted by atomic mass is 10.2. The van der Waals surface area contributed by atoms with E-state index < -0.39 is 24.3 Å². The van der Waals surface area contributed by atoms with Gasteiger partial charge < -0.3 is 15.2 Å². The molecule has 0 aliphatic rings. The van der Waals surface area contributed by atoms with E-state index >= 15 is 0 Å². The number of hydrogen-bond acceptors (Lipinski definition) is 4. The number of carboxylic acid groups (broad SMARTS) is 1. The van der Waals surface area contributed by atoms with Crippen molar-refractivity contribution in [2.75, 3.05) is 18.9 Å². The average Bonchev–Trinajstić information content (AvgIpc) is 2.44. The normalized spacial score (nSPS) is 12.2. The first kappa shape index (κ1) is 22.0. The molecular formula is C14H18ClF3N2O4. The van der Waals surface area contributed by atoms with Gasteiger partial charge in [0.15, 0.2) is 0 Å². The van der Waals surface area contributed by atoms with Crippen molar-refractivity contribution >= 4 is 30.0 Å². The van der Waals surface area contributed by atoms with Gasteiger partial charge in [-0.2, -0.15) is 0 Å². The highest BCUT2D eigenvalue weighted by molar-refractivity contribution is 5.94. The Hall–Kier alpha value is -2.00. The number of anilines is 1. The summed E-state index contributed by atoms with van der Waals surface area (Å²) in [6.07, 6.45) is -4.87. The molecule has 1 rings (SSSR count). The summed E-state index contributed by atoms with van der Waals surface area (Å²) >= 11 is 0. The van der Waals surface area contributed by atoms with Crippen LogP contribution in [0.25, 0.3) is 0 Å². The van der Waals surface area contributed by atoms with Crippen LogP contribution in [0.4, 0.5) is 18.9 Å². The number of carboxylic acids is 1. The van der Waals surface area contributed by atoms with E-state index in [2.05, 4.69) is 10.1 Å². The van der Waals surface area contributed by atoms with Crippen LogP contribution in [0.3, 0.4) is 0 Å². The second-order valence-corrected chi connectivity index (χ2v) is 4.86. The maximum atomic E-state index is 12.0. The number of likely N-dealkylation sites (N-methyl/N-ethyl adjacent to an activating group) is 1. The fourth-order valence-corrected chi connectivity index (χ4v) is 1.65. The number of hydrogen-bond donors (Lipinski definition) is 2. The van der Waals surface area contributed by atoms with Crippen LogP contribution in [0.5, 0.6) is 5.75 Å². The summed E-state index contributed by atoms with van der Waals surface area (Å²) in [5.41, 5.74) is 0.308. The van der Waals surface area contributed by atoms with Gasteiger partial charge in [-0.3, -0.25) is 14.5 Å². The Balaban J connectivity index is 0.00000529. The van der Waals surface area contributed by atoms with Gasteiger partial charge in [-0.1, -0.05) is 0 Å². The molecular weight excluding hydrogens is 353 g/mol. The zero-order valence-corrected chi connectivity index (χ0v) is 13.8. The minimum atomic E-state index is -4.77. The lowest BCUT2D eigenvalue weighted by molar-refractivity contribution is -0.274. The largest absolute Gasteiger partial charge is 0.573 e. The summed E-state index contributed by atoms with van der Waals surface area (Å²) in [5.74, 6) is -1.76. The number of aliphatic carboxylic acids is 1. The summed E-state index contributed by atoms with van der Waals surface area (Å²) in [7, 11) is 1.60. The number of carbonyl (C=O) groups excluding carboxylic acids is 1. The van der Waals surface area contributed by atoms with Crippen LogP contribution in [0.1, 0.15) is 13.3 Å². The lowest BCUT2D eigenvalue weighted by Crippen LogP contribution is -2.40. The van der Waals surface area contributed by atoms with E-state index in [0.717, 1.165) is 12.1 Å². The third-order valence-electron chi connectivity index (χ3n) is 3.07. The number of nitrogens with one attached hydrogen (secondary N) is 1. The molecule has 6 nitrogen and oxygen atoms in total. The number of amides is 1. The van der Waals surface area contributed by atoms with Crippen molar-refractivity contribution < 1.29 is 32.6 Å². The van der Waals surface area contributed by atoms with Gasteiger partial charge in [0.1, 0.15) is 5.75 Å². The monoisotopic (exact) mass is 370 g/mol. The maximum absolute atomic E-state index is 12.0. The van der Waals surface area contributed by atoms with Crippen molar-refractivity contribution in [3.63, 3.8) is 0 Å². The molecule has 1 amide bonds. The minimum Gasteiger partial charge on any atom is -0.481 e.